The maximum absolute atomic E-state index is 12.5. The molecule has 0 saturated heterocycles. The molecule has 7 heteroatoms. The molecule has 6 nitrogen and oxygen atoms in total. The van der Waals surface area contributed by atoms with Crippen LogP contribution in [0, 0.1) is 17.3 Å². The SMILES string of the molecule is CC(C)CP(=O)(O)C/C(=C\C1CCCCC1)C(=O)OCOC(=O)C(C)(C)C. The Morgan fingerprint density at radius 3 is 2.26 bits per heavy atom. The highest BCUT2D eigenvalue weighted by Crippen LogP contribution is 2.44. The van der Waals surface area contributed by atoms with E-state index < -0.39 is 31.5 Å². The quantitative estimate of drug-likeness (QED) is 0.278. The molecule has 1 aliphatic rings. The van der Waals surface area contributed by atoms with Crippen LogP contribution < -0.4 is 0 Å². The zero-order valence-corrected chi connectivity index (χ0v) is 18.2. The van der Waals surface area contributed by atoms with Gasteiger partial charge in [0, 0.05) is 11.7 Å². The highest BCUT2D eigenvalue weighted by atomic mass is 31.2. The van der Waals surface area contributed by atoms with Gasteiger partial charge in [-0.25, -0.2) is 4.79 Å². The van der Waals surface area contributed by atoms with Crippen molar-refractivity contribution in [3.05, 3.63) is 11.6 Å². The van der Waals surface area contributed by atoms with E-state index in [0.29, 0.717) is 0 Å². The zero-order chi connectivity index (χ0) is 20.7. The number of hydrogen-bond acceptors (Lipinski definition) is 5. The van der Waals surface area contributed by atoms with Crippen LogP contribution in [0.2, 0.25) is 0 Å². The van der Waals surface area contributed by atoms with E-state index in [1.807, 2.05) is 13.8 Å². The summed E-state index contributed by atoms with van der Waals surface area (Å²) in [7, 11) is -3.48. The molecule has 1 rings (SSSR count). The third-order valence-corrected chi connectivity index (χ3v) is 6.54. The maximum atomic E-state index is 12.5. The van der Waals surface area contributed by atoms with Crippen molar-refractivity contribution in [2.45, 2.75) is 66.7 Å². The molecule has 0 radical (unpaired) electrons. The Labute approximate surface area is 163 Å². The van der Waals surface area contributed by atoms with E-state index in [1.165, 1.54) is 6.42 Å². The molecule has 1 saturated carbocycles. The van der Waals surface area contributed by atoms with Gasteiger partial charge in [0.1, 0.15) is 0 Å². The first-order chi connectivity index (χ1) is 12.4. The van der Waals surface area contributed by atoms with Crippen LogP contribution in [0.25, 0.3) is 0 Å². The summed E-state index contributed by atoms with van der Waals surface area (Å²) < 4.78 is 22.6. The second-order valence-corrected chi connectivity index (χ2v) is 11.3. The van der Waals surface area contributed by atoms with Gasteiger partial charge in [-0.3, -0.25) is 9.36 Å². The maximum Gasteiger partial charge on any atom is 0.337 e. The zero-order valence-electron chi connectivity index (χ0n) is 17.3. The minimum absolute atomic E-state index is 0.0560. The number of rotatable bonds is 8. The average Bonchev–Trinajstić information content (AvgIpc) is 2.52. The summed E-state index contributed by atoms with van der Waals surface area (Å²) in [5.74, 6) is -0.876. The minimum atomic E-state index is -3.48. The monoisotopic (exact) mass is 402 g/mol. The van der Waals surface area contributed by atoms with Crippen LogP contribution in [0.3, 0.4) is 0 Å². The molecule has 1 atom stereocenters. The van der Waals surface area contributed by atoms with E-state index >= 15 is 0 Å². The fraction of sp³-hybridized carbons (Fsp3) is 0.800. The minimum Gasteiger partial charge on any atom is -0.427 e. The van der Waals surface area contributed by atoms with Crippen molar-refractivity contribution in [3.8, 4) is 0 Å². The summed E-state index contributed by atoms with van der Waals surface area (Å²) in [5.41, 5.74) is -0.467. The molecule has 156 valence electrons. The Bertz CT molecular complexity index is 582. The van der Waals surface area contributed by atoms with Crippen LogP contribution in [0.1, 0.15) is 66.7 Å². The van der Waals surface area contributed by atoms with Gasteiger partial charge in [-0.05, 0) is 45.4 Å². The number of hydrogen-bond donors (Lipinski definition) is 1. The fourth-order valence-electron chi connectivity index (χ4n) is 3.12. The van der Waals surface area contributed by atoms with Gasteiger partial charge in [-0.2, -0.15) is 0 Å². The normalized spacial score (nSPS) is 18.9. The molecule has 1 unspecified atom stereocenters. The lowest BCUT2D eigenvalue weighted by Crippen LogP contribution is -2.25. The van der Waals surface area contributed by atoms with E-state index in [0.717, 1.165) is 25.7 Å². The topological polar surface area (TPSA) is 89.9 Å². The first-order valence-electron chi connectivity index (χ1n) is 9.76. The molecular formula is C20H35O6P. The second-order valence-electron chi connectivity index (χ2n) is 8.90. The predicted molar refractivity (Wildman–Crippen MR) is 106 cm³/mol. The van der Waals surface area contributed by atoms with Crippen LogP contribution >= 0.6 is 7.37 Å². The lowest BCUT2D eigenvalue weighted by Gasteiger charge is -2.21. The number of ether oxygens (including phenoxy) is 2. The second kappa shape index (κ2) is 10.4. The van der Waals surface area contributed by atoms with E-state index in [1.54, 1.807) is 26.8 Å². The van der Waals surface area contributed by atoms with Gasteiger partial charge in [0.15, 0.2) is 0 Å². The molecular weight excluding hydrogens is 367 g/mol. The molecule has 1 fully saturated rings. The molecule has 1 aliphatic carbocycles. The average molecular weight is 402 g/mol. The molecule has 1 N–H and O–H groups in total. The van der Waals surface area contributed by atoms with Gasteiger partial charge in [0.25, 0.3) is 0 Å². The lowest BCUT2D eigenvalue weighted by atomic mass is 9.88. The first kappa shape index (κ1) is 23.9. The number of allylic oxidation sites excluding steroid dienone is 1. The highest BCUT2D eigenvalue weighted by Gasteiger charge is 2.28. The molecule has 27 heavy (non-hydrogen) atoms. The summed E-state index contributed by atoms with van der Waals surface area (Å²) in [4.78, 5) is 34.5. The Morgan fingerprint density at radius 2 is 1.74 bits per heavy atom. The van der Waals surface area contributed by atoms with Gasteiger partial charge < -0.3 is 14.4 Å². The van der Waals surface area contributed by atoms with Crippen molar-refractivity contribution in [2.24, 2.45) is 17.3 Å². The Morgan fingerprint density at radius 1 is 1.15 bits per heavy atom. The summed E-state index contributed by atoms with van der Waals surface area (Å²) in [6.45, 7) is 8.38. The van der Waals surface area contributed by atoms with Gasteiger partial charge in [0.2, 0.25) is 14.2 Å². The summed E-state index contributed by atoms with van der Waals surface area (Å²) in [6.07, 6.45) is 7.06. The first-order valence-corrected chi connectivity index (χ1v) is 11.8. The third-order valence-electron chi connectivity index (χ3n) is 4.41. The van der Waals surface area contributed by atoms with Crippen molar-refractivity contribution in [2.75, 3.05) is 19.1 Å². The number of esters is 2. The molecule has 0 spiro atoms. The van der Waals surface area contributed by atoms with Gasteiger partial charge in [0.05, 0.1) is 11.6 Å². The molecule has 0 aliphatic heterocycles. The van der Waals surface area contributed by atoms with Crippen molar-refractivity contribution in [1.82, 2.24) is 0 Å². The van der Waals surface area contributed by atoms with Gasteiger partial charge in [-0.15, -0.1) is 0 Å². The van der Waals surface area contributed by atoms with E-state index in [4.69, 9.17) is 9.47 Å². The summed E-state index contributed by atoms with van der Waals surface area (Å²) in [5, 5.41) is 0. The molecule has 0 heterocycles. The van der Waals surface area contributed by atoms with Gasteiger partial charge >= 0.3 is 11.9 Å². The number of carbonyl (C=O) groups excluding carboxylic acids is 2. The molecule has 0 aromatic heterocycles. The van der Waals surface area contributed by atoms with Crippen LogP contribution in [0.4, 0.5) is 0 Å². The van der Waals surface area contributed by atoms with Gasteiger partial charge in [-0.1, -0.05) is 39.2 Å². The molecule has 0 amide bonds. The van der Waals surface area contributed by atoms with E-state index in [2.05, 4.69) is 0 Å². The van der Waals surface area contributed by atoms with Crippen LogP contribution in [-0.4, -0.2) is 35.9 Å². The van der Waals surface area contributed by atoms with Crippen LogP contribution in [-0.2, 0) is 23.6 Å². The summed E-state index contributed by atoms with van der Waals surface area (Å²) in [6, 6.07) is 0. The Kier molecular flexibility index (Phi) is 9.23. The molecule has 0 aromatic carbocycles. The lowest BCUT2D eigenvalue weighted by molar-refractivity contribution is -0.171. The van der Waals surface area contributed by atoms with Crippen LogP contribution in [0.15, 0.2) is 11.6 Å². The van der Waals surface area contributed by atoms with Crippen molar-refractivity contribution in [1.29, 1.82) is 0 Å². The Hall–Kier alpha value is -1.13. The Balaban J connectivity index is 2.80. The fourth-order valence-corrected chi connectivity index (χ4v) is 5.15. The highest BCUT2D eigenvalue weighted by molar-refractivity contribution is 7.58. The third kappa shape index (κ3) is 9.57. The standard InChI is InChI=1S/C20H35O6P/c1-15(2)12-27(23,24)13-17(11-16-9-7-6-8-10-16)18(21)25-14-26-19(22)20(3,4)5/h11,15-16H,6-10,12-14H2,1-5H3,(H,23,24)/b17-11+. The predicted octanol–water partition coefficient (Wildman–Crippen LogP) is 4.51. The number of carbonyl (C=O) groups is 2. The van der Waals surface area contributed by atoms with E-state index in [9.17, 15) is 19.0 Å². The van der Waals surface area contributed by atoms with Crippen molar-refractivity contribution >= 4 is 19.3 Å². The molecule has 0 aromatic rings. The van der Waals surface area contributed by atoms with Crippen molar-refractivity contribution in [3.63, 3.8) is 0 Å². The summed E-state index contributed by atoms with van der Waals surface area (Å²) >= 11 is 0. The smallest absolute Gasteiger partial charge is 0.337 e. The largest absolute Gasteiger partial charge is 0.427 e. The van der Waals surface area contributed by atoms with Crippen molar-refractivity contribution < 1.29 is 28.5 Å². The molecule has 0 bridgehead atoms. The van der Waals surface area contributed by atoms with E-state index in [-0.39, 0.29) is 29.7 Å². The van der Waals surface area contributed by atoms with Crippen LogP contribution in [0.5, 0.6) is 0 Å².